The van der Waals surface area contributed by atoms with E-state index in [-0.39, 0.29) is 12.8 Å². The maximum Gasteiger partial charge on any atom is 0.325 e. The lowest BCUT2D eigenvalue weighted by Gasteiger charge is -1.97. The summed E-state index contributed by atoms with van der Waals surface area (Å²) in [5, 5.41) is 0. The Kier molecular flexibility index (Phi) is 4.45. The minimum Gasteiger partial charge on any atom is -0.543 e. The third-order valence-electron chi connectivity index (χ3n) is 0.989. The van der Waals surface area contributed by atoms with Crippen molar-refractivity contribution in [1.82, 2.24) is 0 Å². The Morgan fingerprint density at radius 2 is 1.30 bits per heavy atom. The van der Waals surface area contributed by atoms with Crippen LogP contribution in [0.5, 0.6) is 0 Å². The first-order valence-electron chi connectivity index (χ1n) is 2.84. The predicted molar refractivity (Wildman–Crippen MR) is 38.5 cm³/mol. The van der Waals surface area contributed by atoms with Gasteiger partial charge in [0.25, 0.3) is 11.9 Å². The molecule has 0 aromatic carbocycles. The molecule has 0 aliphatic rings. The molecule has 4 nitrogen and oxygen atoms in total. The molecule has 0 rings (SSSR count). The summed E-state index contributed by atoms with van der Waals surface area (Å²) in [6.45, 7) is 0. The monoisotopic (exact) mass is 142 g/mol. The van der Waals surface area contributed by atoms with Crippen LogP contribution < -0.4 is 0 Å². The molecule has 0 bridgehead atoms. The van der Waals surface area contributed by atoms with Crippen LogP contribution in [0.3, 0.4) is 0 Å². The molecule has 0 N–H and O–H groups in total. The third-order valence-corrected chi connectivity index (χ3v) is 0.989. The molecule has 0 atom stereocenters. The molecule has 0 aliphatic carbocycles. The van der Waals surface area contributed by atoms with Crippen molar-refractivity contribution in [2.24, 2.45) is 0 Å². The number of carbonyl (C=O) groups is 2. The highest BCUT2D eigenvalue weighted by Gasteiger charge is 2.04. The van der Waals surface area contributed by atoms with E-state index >= 15 is 0 Å². The maximum absolute atomic E-state index is 10.4. The van der Waals surface area contributed by atoms with Crippen molar-refractivity contribution in [1.29, 1.82) is 0 Å². The molecule has 6 heteroatoms. The van der Waals surface area contributed by atoms with E-state index in [1.54, 1.807) is 0 Å². The standard InChI is InChI=1S/C4H8B2O4/c5-9-3(7)1-2-4(8)10-6/h1-2,5-6H2. The Morgan fingerprint density at radius 3 is 1.50 bits per heavy atom. The van der Waals surface area contributed by atoms with Crippen LogP contribution in [0, 0.1) is 0 Å². The van der Waals surface area contributed by atoms with Gasteiger partial charge in [0.1, 0.15) is 0 Å². The Labute approximate surface area is 60.8 Å². The lowest BCUT2D eigenvalue weighted by molar-refractivity contribution is -0.140. The lowest BCUT2D eigenvalue weighted by atomic mass is 10.3. The first kappa shape index (κ1) is 9.07. The number of hydrogen-bond acceptors (Lipinski definition) is 4. The summed E-state index contributed by atoms with van der Waals surface area (Å²) in [5.41, 5.74) is 0. The van der Waals surface area contributed by atoms with E-state index in [4.69, 9.17) is 0 Å². The number of carbonyl (C=O) groups excluding carboxylic acids is 2. The van der Waals surface area contributed by atoms with Crippen LogP contribution in [0.15, 0.2) is 0 Å². The molecule has 0 heterocycles. The smallest absolute Gasteiger partial charge is 0.325 e. The van der Waals surface area contributed by atoms with Crippen molar-refractivity contribution in [3.63, 3.8) is 0 Å². The Morgan fingerprint density at radius 1 is 1.00 bits per heavy atom. The lowest BCUT2D eigenvalue weighted by Crippen LogP contribution is -2.07. The van der Waals surface area contributed by atoms with Crippen LogP contribution >= 0.6 is 0 Å². The summed E-state index contributed by atoms with van der Waals surface area (Å²) >= 11 is 0. The molecule has 0 saturated carbocycles. The molecule has 54 valence electrons. The van der Waals surface area contributed by atoms with Gasteiger partial charge >= 0.3 is 16.1 Å². The second kappa shape index (κ2) is 4.90. The van der Waals surface area contributed by atoms with Crippen LogP contribution in [0.4, 0.5) is 0 Å². The van der Waals surface area contributed by atoms with Crippen LogP contribution in [0.1, 0.15) is 12.8 Å². The zero-order chi connectivity index (χ0) is 7.98. The molecule has 0 fully saturated rings. The van der Waals surface area contributed by atoms with Gasteiger partial charge in [0, 0.05) is 0 Å². The Bertz CT molecular complexity index is 119. The molecule has 0 amide bonds. The fourth-order valence-electron chi connectivity index (χ4n) is 0.408. The van der Waals surface area contributed by atoms with Gasteiger partial charge in [0.15, 0.2) is 0 Å². The summed E-state index contributed by atoms with van der Waals surface area (Å²) in [4.78, 5) is 20.8. The van der Waals surface area contributed by atoms with E-state index < -0.39 is 11.9 Å². The van der Waals surface area contributed by atoms with Crippen LogP contribution in [0.2, 0.25) is 0 Å². The average Bonchev–Trinajstić information content (AvgIpc) is 1.99. The summed E-state index contributed by atoms with van der Waals surface area (Å²) in [6, 6.07) is 0. The molecular formula is C4H8B2O4. The number of rotatable bonds is 3. The van der Waals surface area contributed by atoms with Gasteiger partial charge in [-0.2, -0.15) is 0 Å². The van der Waals surface area contributed by atoms with Gasteiger partial charge in [-0.3, -0.25) is 9.59 Å². The molecule has 0 aromatic rings. The molecule has 0 radical (unpaired) electrons. The fourth-order valence-corrected chi connectivity index (χ4v) is 0.408. The van der Waals surface area contributed by atoms with Gasteiger partial charge in [-0.15, -0.1) is 0 Å². The second-order valence-corrected chi connectivity index (χ2v) is 1.65. The Hall–Kier alpha value is -0.930. The van der Waals surface area contributed by atoms with Crippen molar-refractivity contribution in [3.8, 4) is 0 Å². The first-order chi connectivity index (χ1) is 4.70. The zero-order valence-electron chi connectivity index (χ0n) is 6.05. The van der Waals surface area contributed by atoms with Crippen molar-refractivity contribution in [3.05, 3.63) is 0 Å². The van der Waals surface area contributed by atoms with Crippen LogP contribution in [-0.2, 0) is 18.9 Å². The molecule has 0 spiro atoms. The topological polar surface area (TPSA) is 52.6 Å². The highest BCUT2D eigenvalue weighted by molar-refractivity contribution is 6.07. The van der Waals surface area contributed by atoms with E-state index in [0.29, 0.717) is 0 Å². The highest BCUT2D eigenvalue weighted by Crippen LogP contribution is 1.92. The molecular weight excluding hydrogens is 134 g/mol. The van der Waals surface area contributed by atoms with Crippen LogP contribution in [-0.4, -0.2) is 28.0 Å². The van der Waals surface area contributed by atoms with Crippen molar-refractivity contribution >= 4 is 28.0 Å². The van der Waals surface area contributed by atoms with Crippen LogP contribution in [0.25, 0.3) is 0 Å². The van der Waals surface area contributed by atoms with Gasteiger partial charge in [-0.25, -0.2) is 0 Å². The minimum absolute atomic E-state index is 0.0865. The molecule has 10 heavy (non-hydrogen) atoms. The quantitative estimate of drug-likeness (QED) is 0.425. The summed E-state index contributed by atoms with van der Waals surface area (Å²) in [7, 11) is 2.55. The van der Waals surface area contributed by atoms with Gasteiger partial charge < -0.3 is 9.31 Å². The first-order valence-corrected chi connectivity index (χ1v) is 2.84. The largest absolute Gasteiger partial charge is 0.543 e. The van der Waals surface area contributed by atoms with Crippen molar-refractivity contribution in [2.45, 2.75) is 12.8 Å². The fraction of sp³-hybridized carbons (Fsp3) is 0.500. The highest BCUT2D eigenvalue weighted by atomic mass is 16.5. The van der Waals surface area contributed by atoms with Crippen molar-refractivity contribution in [2.75, 3.05) is 0 Å². The van der Waals surface area contributed by atoms with Gasteiger partial charge in [0.2, 0.25) is 0 Å². The summed E-state index contributed by atoms with van der Waals surface area (Å²) in [5.74, 6) is -0.796. The van der Waals surface area contributed by atoms with Crippen molar-refractivity contribution < 1.29 is 18.9 Å². The molecule has 0 aliphatic heterocycles. The SMILES string of the molecule is BOC(=O)CCC(=O)OB. The number of hydrogen-bond donors (Lipinski definition) is 0. The zero-order valence-corrected chi connectivity index (χ0v) is 6.05. The third kappa shape index (κ3) is 4.00. The van der Waals surface area contributed by atoms with E-state index in [2.05, 4.69) is 9.31 Å². The van der Waals surface area contributed by atoms with E-state index in [1.807, 2.05) is 0 Å². The van der Waals surface area contributed by atoms with E-state index in [9.17, 15) is 9.59 Å². The van der Waals surface area contributed by atoms with Gasteiger partial charge in [-0.05, 0) is 0 Å². The van der Waals surface area contributed by atoms with Gasteiger partial charge in [0.05, 0.1) is 12.8 Å². The predicted octanol–water partition coefficient (Wildman–Crippen LogP) is -2.05. The normalized spacial score (nSPS) is 8.40. The maximum atomic E-state index is 10.4. The molecule has 0 saturated heterocycles. The average molecular weight is 142 g/mol. The summed E-state index contributed by atoms with van der Waals surface area (Å²) < 4.78 is 8.60. The minimum atomic E-state index is -0.398. The molecule has 0 aromatic heterocycles. The van der Waals surface area contributed by atoms with E-state index in [0.717, 1.165) is 0 Å². The molecule has 0 unspecified atom stereocenters. The van der Waals surface area contributed by atoms with Gasteiger partial charge in [-0.1, -0.05) is 0 Å². The second-order valence-electron chi connectivity index (χ2n) is 1.65. The summed E-state index contributed by atoms with van der Waals surface area (Å²) in [6.07, 6.45) is 0.173. The Balaban J connectivity index is 3.35. The van der Waals surface area contributed by atoms with E-state index in [1.165, 1.54) is 16.1 Å².